The topological polar surface area (TPSA) is 6.25 Å². The number of nitrogens with zero attached hydrogens (tertiary/aromatic N) is 2. The molecule has 0 aromatic heterocycles. The minimum absolute atomic E-state index is 0. The number of halogens is 2. The number of hydrogen-bond donors (Lipinski definition) is 0. The number of hydrogen-bond acceptors (Lipinski definition) is 1. The number of benzene rings is 2. The van der Waals surface area contributed by atoms with Gasteiger partial charge < -0.3 is 24.0 Å². The molecule has 0 radical (unpaired) electrons. The molecular weight excluding hydrogens is 383 g/mol. The van der Waals surface area contributed by atoms with Crippen molar-refractivity contribution in [2.75, 3.05) is 18.0 Å². The van der Waals surface area contributed by atoms with E-state index in [0.29, 0.717) is 0 Å². The van der Waals surface area contributed by atoms with E-state index in [9.17, 15) is 0 Å². The van der Waals surface area contributed by atoms with Gasteiger partial charge in [-0.05, 0) is 29.8 Å². The van der Waals surface area contributed by atoms with E-state index in [0.717, 1.165) is 24.7 Å². The highest BCUT2D eigenvalue weighted by Gasteiger charge is 2.20. The summed E-state index contributed by atoms with van der Waals surface area (Å²) in [5, 5.41) is 0.782. The molecule has 20 heavy (non-hydrogen) atoms. The van der Waals surface area contributed by atoms with E-state index in [1.165, 1.54) is 11.3 Å². The van der Waals surface area contributed by atoms with Crippen LogP contribution in [0.15, 0.2) is 54.6 Å². The van der Waals surface area contributed by atoms with Gasteiger partial charge in [0.25, 0.3) is 0 Å². The summed E-state index contributed by atoms with van der Waals surface area (Å²) in [5.41, 5.74) is 2.54. The maximum absolute atomic E-state index is 5.92. The molecule has 0 saturated heterocycles. The molecule has 1 heterocycles. The van der Waals surface area contributed by atoms with Crippen LogP contribution in [0.1, 0.15) is 5.56 Å². The Labute approximate surface area is 141 Å². The van der Waals surface area contributed by atoms with E-state index in [1.807, 2.05) is 12.1 Å². The molecular formula is C16H16ClIN2. The minimum Gasteiger partial charge on any atom is -1.00 e. The molecule has 104 valence electrons. The summed E-state index contributed by atoms with van der Waals surface area (Å²) in [4.78, 5) is 2.26. The molecule has 0 atom stereocenters. The number of rotatable bonds is 3. The molecule has 0 bridgehead atoms. The van der Waals surface area contributed by atoms with Crippen molar-refractivity contribution in [3.63, 3.8) is 0 Å². The summed E-state index contributed by atoms with van der Waals surface area (Å²) in [7, 11) is 0. The molecule has 2 aromatic rings. The molecule has 1 aliphatic rings. The van der Waals surface area contributed by atoms with Crippen LogP contribution >= 0.6 is 11.6 Å². The largest absolute Gasteiger partial charge is 1.00 e. The highest BCUT2D eigenvalue weighted by atomic mass is 127. The van der Waals surface area contributed by atoms with Crippen LogP contribution in [0.3, 0.4) is 0 Å². The van der Waals surface area contributed by atoms with Gasteiger partial charge in [0.2, 0.25) is 6.34 Å². The van der Waals surface area contributed by atoms with E-state index in [-0.39, 0.29) is 24.0 Å². The summed E-state index contributed by atoms with van der Waals surface area (Å²) in [5.74, 6) is 0. The molecule has 0 unspecified atom stereocenters. The molecule has 0 aliphatic carbocycles. The second kappa shape index (κ2) is 7.09. The molecule has 0 fully saturated rings. The molecule has 0 N–H and O–H groups in total. The van der Waals surface area contributed by atoms with Crippen LogP contribution in [0.4, 0.5) is 5.69 Å². The first kappa shape index (κ1) is 15.3. The van der Waals surface area contributed by atoms with Crippen molar-refractivity contribution < 1.29 is 28.6 Å². The Balaban J connectivity index is 0.00000147. The van der Waals surface area contributed by atoms with Gasteiger partial charge in [-0.25, -0.2) is 4.90 Å². The predicted octanol–water partition coefficient (Wildman–Crippen LogP) is 0.405. The maximum Gasteiger partial charge on any atom is 0.239 e. The Morgan fingerprint density at radius 2 is 1.70 bits per heavy atom. The Morgan fingerprint density at radius 1 is 1.00 bits per heavy atom. The van der Waals surface area contributed by atoms with Gasteiger partial charge in [-0.15, -0.1) is 0 Å². The average Bonchev–Trinajstić information content (AvgIpc) is 2.89. The quantitative estimate of drug-likeness (QED) is 0.536. The van der Waals surface area contributed by atoms with Crippen molar-refractivity contribution in [3.05, 3.63) is 65.2 Å². The summed E-state index contributed by atoms with van der Waals surface area (Å²) in [6, 6.07) is 18.5. The monoisotopic (exact) mass is 398 g/mol. The van der Waals surface area contributed by atoms with Crippen LogP contribution in [0.5, 0.6) is 0 Å². The van der Waals surface area contributed by atoms with Gasteiger partial charge in [0.15, 0.2) is 0 Å². The third kappa shape index (κ3) is 3.73. The molecule has 4 heteroatoms. The third-order valence-electron chi connectivity index (χ3n) is 3.32. The Kier molecular flexibility index (Phi) is 5.43. The molecule has 1 aliphatic heterocycles. The van der Waals surface area contributed by atoms with E-state index in [1.54, 1.807) is 0 Å². The predicted molar refractivity (Wildman–Crippen MR) is 80.1 cm³/mol. The first-order valence-electron chi connectivity index (χ1n) is 6.46. The fourth-order valence-electron chi connectivity index (χ4n) is 2.31. The van der Waals surface area contributed by atoms with Crippen LogP contribution < -0.4 is 28.9 Å². The SMILES string of the molecule is Clc1ccc(N2C=[N+](Cc3ccccc3)CC2)cc1.[I-]. The van der Waals surface area contributed by atoms with E-state index >= 15 is 0 Å². The van der Waals surface area contributed by atoms with E-state index in [4.69, 9.17) is 11.6 Å². The first-order chi connectivity index (χ1) is 9.31. The lowest BCUT2D eigenvalue weighted by Gasteiger charge is -2.05. The van der Waals surface area contributed by atoms with Crippen LogP contribution in [0, 0.1) is 0 Å². The summed E-state index contributed by atoms with van der Waals surface area (Å²) in [6.45, 7) is 3.04. The molecule has 2 nitrogen and oxygen atoms in total. The summed E-state index contributed by atoms with van der Waals surface area (Å²) >= 11 is 5.92. The smallest absolute Gasteiger partial charge is 0.239 e. The van der Waals surface area contributed by atoms with Gasteiger partial charge in [-0.2, -0.15) is 0 Å². The summed E-state index contributed by atoms with van der Waals surface area (Å²) < 4.78 is 2.34. The molecule has 0 saturated carbocycles. The lowest BCUT2D eigenvalue weighted by atomic mass is 10.2. The van der Waals surface area contributed by atoms with Crippen LogP contribution in [0.2, 0.25) is 5.02 Å². The fourth-order valence-corrected chi connectivity index (χ4v) is 2.44. The van der Waals surface area contributed by atoms with Crippen molar-refractivity contribution >= 4 is 23.6 Å². The molecule has 3 rings (SSSR count). The van der Waals surface area contributed by atoms with Gasteiger partial charge >= 0.3 is 0 Å². The standard InChI is InChI=1S/C16H16ClN2.HI/c17-15-6-8-16(9-7-15)19-11-10-18(13-19)12-14-4-2-1-3-5-14;/h1-9,13H,10-12H2;1H/q+1;/p-1. The lowest BCUT2D eigenvalue weighted by Crippen LogP contribution is -3.00. The van der Waals surface area contributed by atoms with Gasteiger partial charge in [-0.3, -0.25) is 4.58 Å². The second-order valence-corrected chi connectivity index (χ2v) is 5.18. The van der Waals surface area contributed by atoms with Crippen molar-refractivity contribution in [3.8, 4) is 0 Å². The van der Waals surface area contributed by atoms with Gasteiger partial charge in [-0.1, -0.05) is 41.9 Å². The van der Waals surface area contributed by atoms with Crippen molar-refractivity contribution in [1.29, 1.82) is 0 Å². The zero-order valence-electron chi connectivity index (χ0n) is 11.0. The van der Waals surface area contributed by atoms with Crippen molar-refractivity contribution in [2.45, 2.75) is 6.54 Å². The maximum atomic E-state index is 5.92. The molecule has 0 spiro atoms. The zero-order chi connectivity index (χ0) is 13.1. The van der Waals surface area contributed by atoms with Crippen LogP contribution in [-0.2, 0) is 6.54 Å². The molecule has 0 amide bonds. The van der Waals surface area contributed by atoms with E-state index in [2.05, 4.69) is 58.3 Å². The number of anilines is 1. The fraction of sp³-hybridized carbons (Fsp3) is 0.188. The minimum atomic E-state index is 0. The van der Waals surface area contributed by atoms with Gasteiger partial charge in [0.05, 0.1) is 0 Å². The van der Waals surface area contributed by atoms with Crippen molar-refractivity contribution in [1.82, 2.24) is 0 Å². The highest BCUT2D eigenvalue weighted by molar-refractivity contribution is 6.30. The van der Waals surface area contributed by atoms with Crippen LogP contribution in [0.25, 0.3) is 0 Å². The Hall–Kier alpha value is -1.07. The van der Waals surface area contributed by atoms with Gasteiger partial charge in [0.1, 0.15) is 25.3 Å². The second-order valence-electron chi connectivity index (χ2n) is 4.74. The average molecular weight is 399 g/mol. The van der Waals surface area contributed by atoms with Crippen LogP contribution in [-0.4, -0.2) is 24.0 Å². The highest BCUT2D eigenvalue weighted by Crippen LogP contribution is 2.18. The Bertz CT molecular complexity index is 581. The van der Waals surface area contributed by atoms with Crippen molar-refractivity contribution in [2.24, 2.45) is 0 Å². The normalized spacial score (nSPS) is 13.8. The lowest BCUT2D eigenvalue weighted by molar-refractivity contribution is -0.530. The first-order valence-corrected chi connectivity index (χ1v) is 6.84. The molecule has 2 aromatic carbocycles. The third-order valence-corrected chi connectivity index (χ3v) is 3.57. The zero-order valence-corrected chi connectivity index (χ0v) is 14.0. The Morgan fingerprint density at radius 3 is 2.40 bits per heavy atom. The van der Waals surface area contributed by atoms with E-state index < -0.39 is 0 Å². The summed E-state index contributed by atoms with van der Waals surface area (Å²) in [6.07, 6.45) is 2.19. The van der Waals surface area contributed by atoms with Gasteiger partial charge in [0, 0.05) is 5.02 Å².